The van der Waals surface area contributed by atoms with Gasteiger partial charge in [-0.05, 0) is 52.4 Å². The van der Waals surface area contributed by atoms with Crippen LogP contribution in [0.25, 0.3) is 0 Å². The molecule has 1 saturated carbocycles. The highest BCUT2D eigenvalue weighted by Gasteiger charge is 2.20. The molecule has 0 saturated heterocycles. The van der Waals surface area contributed by atoms with Gasteiger partial charge in [-0.25, -0.2) is 0 Å². The third-order valence-corrected chi connectivity index (χ3v) is 3.41. The molecule has 0 heterocycles. The molecule has 1 aliphatic carbocycles. The summed E-state index contributed by atoms with van der Waals surface area (Å²) in [5.74, 6) is 1.73. The maximum absolute atomic E-state index is 5.26. The van der Waals surface area contributed by atoms with E-state index in [9.17, 15) is 0 Å². The molecule has 0 aromatic heterocycles. The van der Waals surface area contributed by atoms with E-state index in [1.165, 1.54) is 24.8 Å². The van der Waals surface area contributed by atoms with Gasteiger partial charge < -0.3 is 4.74 Å². The SMILES string of the molecule is COc1cc(C2CCC2)ccc1Br. The molecular weight excluding hydrogens is 228 g/mol. The fraction of sp³-hybridized carbons (Fsp3) is 0.455. The molecule has 0 amide bonds. The summed E-state index contributed by atoms with van der Waals surface area (Å²) in [4.78, 5) is 0. The summed E-state index contributed by atoms with van der Waals surface area (Å²) in [6, 6.07) is 6.41. The minimum absolute atomic E-state index is 0.780. The van der Waals surface area contributed by atoms with Crippen molar-refractivity contribution >= 4 is 15.9 Å². The fourth-order valence-electron chi connectivity index (χ4n) is 1.67. The van der Waals surface area contributed by atoms with Crippen molar-refractivity contribution in [1.29, 1.82) is 0 Å². The van der Waals surface area contributed by atoms with Crippen molar-refractivity contribution in [3.05, 3.63) is 28.2 Å². The van der Waals surface area contributed by atoms with Crippen LogP contribution in [0.15, 0.2) is 22.7 Å². The second-order valence-corrected chi connectivity index (χ2v) is 4.38. The van der Waals surface area contributed by atoms with Gasteiger partial charge in [0, 0.05) is 0 Å². The monoisotopic (exact) mass is 240 g/mol. The Balaban J connectivity index is 2.26. The average molecular weight is 241 g/mol. The van der Waals surface area contributed by atoms with Crippen LogP contribution in [0.1, 0.15) is 30.7 Å². The zero-order valence-corrected chi connectivity index (χ0v) is 9.30. The Bertz CT molecular complexity index is 305. The number of hydrogen-bond acceptors (Lipinski definition) is 1. The summed E-state index contributed by atoms with van der Waals surface area (Å²) in [7, 11) is 1.71. The van der Waals surface area contributed by atoms with Gasteiger partial charge in [0.2, 0.25) is 0 Å². The standard InChI is InChI=1S/C11H13BrO/c1-13-11-7-9(5-6-10(11)12)8-3-2-4-8/h5-8H,2-4H2,1H3. The van der Waals surface area contributed by atoms with Crippen LogP contribution in [0.2, 0.25) is 0 Å². The van der Waals surface area contributed by atoms with Crippen molar-refractivity contribution in [3.63, 3.8) is 0 Å². The quantitative estimate of drug-likeness (QED) is 0.766. The normalized spacial score (nSPS) is 16.8. The summed E-state index contributed by atoms with van der Waals surface area (Å²) < 4.78 is 6.30. The van der Waals surface area contributed by atoms with E-state index in [0.717, 1.165) is 16.1 Å². The maximum Gasteiger partial charge on any atom is 0.133 e. The molecule has 0 atom stereocenters. The molecule has 70 valence electrons. The van der Waals surface area contributed by atoms with Gasteiger partial charge in [-0.2, -0.15) is 0 Å². The van der Waals surface area contributed by atoms with Crippen molar-refractivity contribution in [2.75, 3.05) is 7.11 Å². The topological polar surface area (TPSA) is 9.23 Å². The van der Waals surface area contributed by atoms with Gasteiger partial charge in [-0.3, -0.25) is 0 Å². The number of hydrogen-bond donors (Lipinski definition) is 0. The molecule has 2 rings (SSSR count). The van der Waals surface area contributed by atoms with Crippen LogP contribution in [0, 0.1) is 0 Å². The van der Waals surface area contributed by atoms with Crippen molar-refractivity contribution in [2.45, 2.75) is 25.2 Å². The lowest BCUT2D eigenvalue weighted by atomic mass is 9.80. The minimum Gasteiger partial charge on any atom is -0.496 e. The van der Waals surface area contributed by atoms with Gasteiger partial charge in [0.1, 0.15) is 5.75 Å². The summed E-state index contributed by atoms with van der Waals surface area (Å²) in [6.07, 6.45) is 4.05. The molecule has 13 heavy (non-hydrogen) atoms. The maximum atomic E-state index is 5.26. The van der Waals surface area contributed by atoms with Crippen LogP contribution < -0.4 is 4.74 Å². The van der Waals surface area contributed by atoms with Crippen LogP contribution in [0.3, 0.4) is 0 Å². The first-order valence-corrected chi connectivity index (χ1v) is 5.44. The summed E-state index contributed by atoms with van der Waals surface area (Å²) in [5.41, 5.74) is 1.42. The Morgan fingerprint density at radius 3 is 2.69 bits per heavy atom. The lowest BCUT2D eigenvalue weighted by Crippen LogP contribution is -2.08. The predicted octanol–water partition coefficient (Wildman–Crippen LogP) is 3.73. The lowest BCUT2D eigenvalue weighted by Gasteiger charge is -2.26. The summed E-state index contributed by atoms with van der Waals surface area (Å²) in [6.45, 7) is 0. The van der Waals surface area contributed by atoms with Crippen molar-refractivity contribution in [1.82, 2.24) is 0 Å². The Morgan fingerprint density at radius 1 is 1.38 bits per heavy atom. The van der Waals surface area contributed by atoms with Gasteiger partial charge in [0.25, 0.3) is 0 Å². The van der Waals surface area contributed by atoms with E-state index in [0.29, 0.717) is 0 Å². The largest absolute Gasteiger partial charge is 0.496 e. The molecular formula is C11H13BrO. The molecule has 1 aromatic carbocycles. The van der Waals surface area contributed by atoms with Gasteiger partial charge in [0.15, 0.2) is 0 Å². The molecule has 1 fully saturated rings. The van der Waals surface area contributed by atoms with Gasteiger partial charge in [-0.15, -0.1) is 0 Å². The molecule has 1 nitrogen and oxygen atoms in total. The number of benzene rings is 1. The van der Waals surface area contributed by atoms with Crippen LogP contribution in [0.5, 0.6) is 5.75 Å². The van der Waals surface area contributed by atoms with E-state index in [2.05, 4.69) is 34.1 Å². The van der Waals surface area contributed by atoms with Crippen molar-refractivity contribution in [2.24, 2.45) is 0 Å². The van der Waals surface area contributed by atoms with Crippen molar-refractivity contribution in [3.8, 4) is 5.75 Å². The minimum atomic E-state index is 0.780. The van der Waals surface area contributed by atoms with E-state index in [1.54, 1.807) is 7.11 Å². The molecule has 0 bridgehead atoms. The summed E-state index contributed by atoms with van der Waals surface area (Å²) >= 11 is 3.45. The van der Waals surface area contributed by atoms with Crippen LogP contribution in [-0.2, 0) is 0 Å². The second kappa shape index (κ2) is 3.70. The molecule has 1 aromatic rings. The highest BCUT2D eigenvalue weighted by molar-refractivity contribution is 9.10. The van der Waals surface area contributed by atoms with Gasteiger partial charge >= 0.3 is 0 Å². The number of rotatable bonds is 2. The van der Waals surface area contributed by atoms with Crippen LogP contribution >= 0.6 is 15.9 Å². The molecule has 0 N–H and O–H groups in total. The average Bonchev–Trinajstić information content (AvgIpc) is 2.05. The summed E-state index contributed by atoms with van der Waals surface area (Å²) in [5, 5.41) is 0. The molecule has 0 aliphatic heterocycles. The van der Waals surface area contributed by atoms with E-state index in [-0.39, 0.29) is 0 Å². The highest BCUT2D eigenvalue weighted by atomic mass is 79.9. The van der Waals surface area contributed by atoms with E-state index in [4.69, 9.17) is 4.74 Å². The molecule has 0 spiro atoms. The first kappa shape index (κ1) is 9.07. The number of halogens is 1. The first-order chi connectivity index (χ1) is 6.31. The first-order valence-electron chi connectivity index (χ1n) is 4.64. The Morgan fingerprint density at radius 2 is 2.15 bits per heavy atom. The van der Waals surface area contributed by atoms with Gasteiger partial charge in [0.05, 0.1) is 11.6 Å². The zero-order valence-electron chi connectivity index (χ0n) is 7.72. The smallest absolute Gasteiger partial charge is 0.133 e. The Kier molecular flexibility index (Phi) is 2.58. The van der Waals surface area contributed by atoms with Crippen LogP contribution in [0.4, 0.5) is 0 Å². The Labute approximate surface area is 87.2 Å². The van der Waals surface area contributed by atoms with Crippen molar-refractivity contribution < 1.29 is 4.74 Å². The van der Waals surface area contributed by atoms with E-state index < -0.39 is 0 Å². The predicted molar refractivity (Wildman–Crippen MR) is 57.3 cm³/mol. The third-order valence-electron chi connectivity index (χ3n) is 2.75. The van der Waals surface area contributed by atoms with E-state index in [1.807, 2.05) is 0 Å². The molecule has 0 unspecified atom stereocenters. The second-order valence-electron chi connectivity index (χ2n) is 3.52. The number of ether oxygens (including phenoxy) is 1. The Hall–Kier alpha value is -0.500. The van der Waals surface area contributed by atoms with Gasteiger partial charge in [-0.1, -0.05) is 12.5 Å². The molecule has 1 aliphatic rings. The van der Waals surface area contributed by atoms with Crippen LogP contribution in [-0.4, -0.2) is 7.11 Å². The zero-order chi connectivity index (χ0) is 9.26. The third kappa shape index (κ3) is 1.73. The molecule has 2 heteroatoms. The highest BCUT2D eigenvalue weighted by Crippen LogP contribution is 2.39. The lowest BCUT2D eigenvalue weighted by molar-refractivity contribution is 0.400. The molecule has 0 radical (unpaired) electrons. The number of methoxy groups -OCH3 is 1. The fourth-order valence-corrected chi connectivity index (χ4v) is 2.08. The van der Waals surface area contributed by atoms with E-state index >= 15 is 0 Å².